The molecular weight excluding hydrogens is 269 g/mol. The summed E-state index contributed by atoms with van der Waals surface area (Å²) in [7, 11) is 1.60. The van der Waals surface area contributed by atoms with E-state index >= 15 is 0 Å². The quantitative estimate of drug-likeness (QED) is 0.867. The molecule has 0 unspecified atom stereocenters. The fourth-order valence-corrected chi connectivity index (χ4v) is 1.80. The molecule has 1 heterocycles. The van der Waals surface area contributed by atoms with Gasteiger partial charge in [0.15, 0.2) is 0 Å². The Morgan fingerprint density at radius 1 is 1.25 bits per heavy atom. The summed E-state index contributed by atoms with van der Waals surface area (Å²) in [6.45, 7) is 0.300. The van der Waals surface area contributed by atoms with Crippen molar-refractivity contribution in [3.8, 4) is 6.07 Å². The van der Waals surface area contributed by atoms with Crippen LogP contribution in [0.4, 0.5) is 19.0 Å². The molecule has 1 aromatic carbocycles. The minimum absolute atomic E-state index is 0.179. The smallest absolute Gasteiger partial charge is 0.358 e. The Hall–Kier alpha value is -2.36. The Morgan fingerprint density at radius 3 is 2.60 bits per heavy atom. The maximum absolute atomic E-state index is 12.8. The molecule has 0 saturated heterocycles. The van der Waals surface area contributed by atoms with Crippen molar-refractivity contribution >= 4 is 16.7 Å². The van der Waals surface area contributed by atoms with E-state index in [1.165, 1.54) is 11.0 Å². The molecule has 4 nitrogen and oxygen atoms in total. The molecule has 7 heteroatoms. The van der Waals surface area contributed by atoms with E-state index in [9.17, 15) is 13.2 Å². The summed E-state index contributed by atoms with van der Waals surface area (Å²) in [6, 6.07) is 8.45. The largest absolute Gasteiger partial charge is 0.451 e. The van der Waals surface area contributed by atoms with Gasteiger partial charge in [0.25, 0.3) is 0 Å². The third-order valence-electron chi connectivity index (χ3n) is 2.76. The number of para-hydroxylation sites is 1. The molecule has 0 amide bonds. The van der Waals surface area contributed by atoms with Crippen molar-refractivity contribution in [2.45, 2.75) is 12.6 Å². The summed E-state index contributed by atoms with van der Waals surface area (Å²) in [6.07, 6.45) is -4.40. The van der Waals surface area contributed by atoms with E-state index in [0.717, 1.165) is 0 Å². The van der Waals surface area contributed by atoms with E-state index in [1.54, 1.807) is 25.2 Å². The van der Waals surface area contributed by atoms with Gasteiger partial charge in [-0.15, -0.1) is 0 Å². The van der Waals surface area contributed by atoms with Gasteiger partial charge in [-0.3, -0.25) is 0 Å². The zero-order valence-corrected chi connectivity index (χ0v) is 10.6. The molecule has 0 aliphatic rings. The number of nitrogens with zero attached hydrogens (tertiary/aromatic N) is 4. The number of benzene rings is 1. The van der Waals surface area contributed by atoms with E-state index in [1.807, 2.05) is 6.07 Å². The van der Waals surface area contributed by atoms with Gasteiger partial charge in [0.05, 0.1) is 18.0 Å². The van der Waals surface area contributed by atoms with Crippen LogP contribution in [-0.2, 0) is 6.18 Å². The zero-order chi connectivity index (χ0) is 14.8. The minimum atomic E-state index is -4.60. The summed E-state index contributed by atoms with van der Waals surface area (Å²) in [5.41, 5.74) is 0.230. The molecule has 0 aliphatic heterocycles. The van der Waals surface area contributed by atoms with Gasteiger partial charge in [-0.2, -0.15) is 18.4 Å². The van der Waals surface area contributed by atoms with Crippen LogP contribution in [0.3, 0.4) is 0 Å². The van der Waals surface area contributed by atoms with Crippen LogP contribution in [-0.4, -0.2) is 23.6 Å². The highest BCUT2D eigenvalue weighted by Gasteiger charge is 2.35. The number of nitriles is 1. The average molecular weight is 280 g/mol. The number of halogens is 3. The summed E-state index contributed by atoms with van der Waals surface area (Å²) >= 11 is 0. The summed E-state index contributed by atoms with van der Waals surface area (Å²) in [5, 5.41) is 9.10. The number of hydrogen-bond acceptors (Lipinski definition) is 4. The second-order valence-corrected chi connectivity index (χ2v) is 4.22. The van der Waals surface area contributed by atoms with Crippen molar-refractivity contribution in [1.29, 1.82) is 5.26 Å². The van der Waals surface area contributed by atoms with Crippen LogP contribution in [0.15, 0.2) is 24.3 Å². The van der Waals surface area contributed by atoms with Crippen LogP contribution >= 0.6 is 0 Å². The van der Waals surface area contributed by atoms with E-state index in [4.69, 9.17) is 5.26 Å². The summed E-state index contributed by atoms with van der Waals surface area (Å²) in [5.74, 6) is -0.992. The first-order valence-electron chi connectivity index (χ1n) is 5.85. The molecule has 104 valence electrons. The van der Waals surface area contributed by atoms with Gasteiger partial charge in [-0.05, 0) is 12.1 Å². The zero-order valence-electron chi connectivity index (χ0n) is 10.6. The van der Waals surface area contributed by atoms with E-state index < -0.39 is 12.0 Å². The molecule has 0 N–H and O–H groups in total. The molecule has 0 fully saturated rings. The standard InChI is InChI=1S/C13H11F3N4/c1-20(8-4-7-17)11-9-5-2-3-6-10(9)18-12(19-11)13(14,15)16/h2-3,5-6H,4,8H2,1H3. The predicted octanol–water partition coefficient (Wildman–Crippen LogP) is 3.00. The minimum Gasteiger partial charge on any atom is -0.358 e. The van der Waals surface area contributed by atoms with Crippen LogP contribution in [0.5, 0.6) is 0 Å². The normalized spacial score (nSPS) is 11.3. The van der Waals surface area contributed by atoms with Crippen molar-refractivity contribution in [3.05, 3.63) is 30.1 Å². The van der Waals surface area contributed by atoms with Crippen molar-refractivity contribution < 1.29 is 13.2 Å². The lowest BCUT2D eigenvalue weighted by Crippen LogP contribution is -2.22. The first kappa shape index (κ1) is 14.1. The fraction of sp³-hybridized carbons (Fsp3) is 0.308. The molecule has 0 saturated carbocycles. The van der Waals surface area contributed by atoms with Gasteiger partial charge in [0.2, 0.25) is 5.82 Å². The number of anilines is 1. The Balaban J connectivity index is 2.58. The Kier molecular flexibility index (Phi) is 3.74. The number of rotatable bonds is 3. The van der Waals surface area contributed by atoms with Crippen molar-refractivity contribution in [1.82, 2.24) is 9.97 Å². The lowest BCUT2D eigenvalue weighted by Gasteiger charge is -2.19. The lowest BCUT2D eigenvalue weighted by molar-refractivity contribution is -0.144. The Morgan fingerprint density at radius 2 is 1.95 bits per heavy atom. The molecule has 1 aromatic heterocycles. The second-order valence-electron chi connectivity index (χ2n) is 4.22. The van der Waals surface area contributed by atoms with Crippen LogP contribution in [0, 0.1) is 11.3 Å². The number of alkyl halides is 3. The maximum Gasteiger partial charge on any atom is 0.451 e. The molecule has 0 spiro atoms. The van der Waals surface area contributed by atoms with Gasteiger partial charge in [0.1, 0.15) is 5.82 Å². The predicted molar refractivity (Wildman–Crippen MR) is 68.0 cm³/mol. The van der Waals surface area contributed by atoms with Gasteiger partial charge in [0, 0.05) is 19.0 Å². The van der Waals surface area contributed by atoms with E-state index in [2.05, 4.69) is 9.97 Å². The topological polar surface area (TPSA) is 52.8 Å². The molecule has 0 radical (unpaired) electrons. The van der Waals surface area contributed by atoms with Crippen LogP contribution in [0.1, 0.15) is 12.2 Å². The Labute approximate surface area is 113 Å². The highest BCUT2D eigenvalue weighted by molar-refractivity contribution is 5.89. The first-order chi connectivity index (χ1) is 9.43. The van der Waals surface area contributed by atoms with E-state index in [-0.39, 0.29) is 17.8 Å². The van der Waals surface area contributed by atoms with Crippen LogP contribution in [0.2, 0.25) is 0 Å². The van der Waals surface area contributed by atoms with E-state index in [0.29, 0.717) is 11.9 Å². The number of fused-ring (bicyclic) bond motifs is 1. The van der Waals surface area contributed by atoms with Gasteiger partial charge < -0.3 is 4.90 Å². The highest BCUT2D eigenvalue weighted by atomic mass is 19.4. The van der Waals surface area contributed by atoms with Crippen molar-refractivity contribution in [3.63, 3.8) is 0 Å². The van der Waals surface area contributed by atoms with Gasteiger partial charge >= 0.3 is 6.18 Å². The van der Waals surface area contributed by atoms with Crippen molar-refractivity contribution in [2.24, 2.45) is 0 Å². The number of hydrogen-bond donors (Lipinski definition) is 0. The SMILES string of the molecule is CN(CCC#N)c1nc(C(F)(F)F)nc2ccccc12. The second kappa shape index (κ2) is 5.33. The van der Waals surface area contributed by atoms with Gasteiger partial charge in [-0.1, -0.05) is 12.1 Å². The van der Waals surface area contributed by atoms with Crippen LogP contribution < -0.4 is 4.90 Å². The van der Waals surface area contributed by atoms with Crippen molar-refractivity contribution in [2.75, 3.05) is 18.5 Å². The summed E-state index contributed by atoms with van der Waals surface area (Å²) < 4.78 is 38.4. The highest BCUT2D eigenvalue weighted by Crippen LogP contribution is 2.31. The third-order valence-corrected chi connectivity index (χ3v) is 2.76. The average Bonchev–Trinajstić information content (AvgIpc) is 2.42. The summed E-state index contributed by atoms with van der Waals surface area (Å²) in [4.78, 5) is 8.68. The van der Waals surface area contributed by atoms with Gasteiger partial charge in [-0.25, -0.2) is 9.97 Å². The van der Waals surface area contributed by atoms with Crippen LogP contribution in [0.25, 0.3) is 10.9 Å². The first-order valence-corrected chi connectivity index (χ1v) is 5.85. The Bertz CT molecular complexity index is 661. The maximum atomic E-state index is 12.8. The molecule has 0 aliphatic carbocycles. The molecule has 2 rings (SSSR count). The number of aromatic nitrogens is 2. The molecular formula is C13H11F3N4. The monoisotopic (exact) mass is 280 g/mol. The molecule has 20 heavy (non-hydrogen) atoms. The molecule has 0 bridgehead atoms. The molecule has 0 atom stereocenters. The molecule has 2 aromatic rings. The third kappa shape index (κ3) is 2.79. The lowest BCUT2D eigenvalue weighted by atomic mass is 10.2. The fourth-order valence-electron chi connectivity index (χ4n) is 1.80.